The largest absolute Gasteiger partial charge is 0.380 e. The Labute approximate surface area is 120 Å². The van der Waals surface area contributed by atoms with E-state index in [0.717, 1.165) is 29.9 Å². The Morgan fingerprint density at radius 1 is 0.950 bits per heavy atom. The van der Waals surface area contributed by atoms with Gasteiger partial charge in [0.15, 0.2) is 0 Å². The van der Waals surface area contributed by atoms with Crippen LogP contribution in [0.3, 0.4) is 0 Å². The second kappa shape index (κ2) is 4.46. The van der Waals surface area contributed by atoms with Gasteiger partial charge in [-0.05, 0) is 53.9 Å². The molecule has 2 aliphatic carbocycles. The molecule has 0 bridgehead atoms. The van der Waals surface area contributed by atoms with Gasteiger partial charge in [0.05, 0.1) is 0 Å². The molecule has 2 aromatic carbocycles. The van der Waals surface area contributed by atoms with E-state index in [1.54, 1.807) is 0 Å². The van der Waals surface area contributed by atoms with Gasteiger partial charge in [-0.25, -0.2) is 0 Å². The summed E-state index contributed by atoms with van der Waals surface area (Å²) in [6.07, 6.45) is 5.79. The van der Waals surface area contributed by atoms with Crippen LogP contribution in [0.2, 0.25) is 0 Å². The third-order valence-electron chi connectivity index (χ3n) is 5.18. The van der Waals surface area contributed by atoms with E-state index < -0.39 is 5.60 Å². The summed E-state index contributed by atoms with van der Waals surface area (Å²) in [7, 11) is 0. The van der Waals surface area contributed by atoms with Crippen LogP contribution >= 0.6 is 0 Å². The van der Waals surface area contributed by atoms with Crippen LogP contribution in [0, 0.1) is 0 Å². The second-order valence-corrected chi connectivity index (χ2v) is 6.27. The van der Waals surface area contributed by atoms with Crippen molar-refractivity contribution in [3.8, 4) is 0 Å². The number of rotatable bonds is 2. The molecule has 102 valence electrons. The standard InChI is InChI=1S/C19H20O/c20-19(13-12-16-4-1-2-7-18(16)19)17-10-8-15(9-11-17)14-5-3-6-14/h1-2,4,7-11,14,20H,3,5-6,12-13H2. The maximum Gasteiger partial charge on any atom is 0.115 e. The molecule has 0 amide bonds. The molecule has 0 aromatic heterocycles. The monoisotopic (exact) mass is 264 g/mol. The molecule has 1 N–H and O–H groups in total. The molecule has 0 spiro atoms. The van der Waals surface area contributed by atoms with Gasteiger partial charge in [-0.1, -0.05) is 55.0 Å². The first-order valence-electron chi connectivity index (χ1n) is 7.68. The van der Waals surface area contributed by atoms with Gasteiger partial charge in [-0.3, -0.25) is 0 Å². The van der Waals surface area contributed by atoms with E-state index in [9.17, 15) is 5.11 Å². The third kappa shape index (κ3) is 1.73. The summed E-state index contributed by atoms with van der Waals surface area (Å²) in [4.78, 5) is 0. The van der Waals surface area contributed by atoms with Crippen molar-refractivity contribution < 1.29 is 5.11 Å². The molecule has 1 atom stereocenters. The predicted molar refractivity (Wildman–Crippen MR) is 80.8 cm³/mol. The second-order valence-electron chi connectivity index (χ2n) is 6.27. The van der Waals surface area contributed by atoms with E-state index in [1.165, 1.54) is 30.4 Å². The van der Waals surface area contributed by atoms with Gasteiger partial charge < -0.3 is 5.11 Å². The first-order valence-corrected chi connectivity index (χ1v) is 7.68. The molecule has 2 aliphatic rings. The van der Waals surface area contributed by atoms with Crippen LogP contribution in [0.4, 0.5) is 0 Å². The number of aryl methyl sites for hydroxylation is 1. The number of fused-ring (bicyclic) bond motifs is 1. The number of aliphatic hydroxyl groups is 1. The van der Waals surface area contributed by atoms with E-state index in [2.05, 4.69) is 42.5 Å². The van der Waals surface area contributed by atoms with Crippen LogP contribution in [-0.4, -0.2) is 5.11 Å². The molecule has 1 unspecified atom stereocenters. The van der Waals surface area contributed by atoms with E-state index in [0.29, 0.717) is 0 Å². The van der Waals surface area contributed by atoms with Gasteiger partial charge >= 0.3 is 0 Å². The molecular weight excluding hydrogens is 244 g/mol. The summed E-state index contributed by atoms with van der Waals surface area (Å²) in [5.41, 5.74) is 4.09. The van der Waals surface area contributed by atoms with Crippen LogP contribution in [-0.2, 0) is 12.0 Å². The molecule has 1 fully saturated rings. The zero-order chi connectivity index (χ0) is 13.6. The molecule has 1 heteroatoms. The summed E-state index contributed by atoms with van der Waals surface area (Å²) in [5, 5.41) is 11.1. The van der Waals surface area contributed by atoms with Crippen molar-refractivity contribution in [3.05, 3.63) is 70.8 Å². The molecule has 2 aromatic rings. The molecule has 4 rings (SSSR count). The Bertz CT molecular complexity index is 624. The smallest absolute Gasteiger partial charge is 0.115 e. The van der Waals surface area contributed by atoms with Crippen molar-refractivity contribution in [3.63, 3.8) is 0 Å². The highest BCUT2D eigenvalue weighted by Crippen LogP contribution is 2.43. The number of hydrogen-bond donors (Lipinski definition) is 1. The lowest BCUT2D eigenvalue weighted by atomic mass is 9.79. The minimum atomic E-state index is -0.783. The highest BCUT2D eigenvalue weighted by molar-refractivity contribution is 5.45. The van der Waals surface area contributed by atoms with E-state index in [1.807, 2.05) is 6.07 Å². The highest BCUT2D eigenvalue weighted by atomic mass is 16.3. The van der Waals surface area contributed by atoms with Crippen LogP contribution < -0.4 is 0 Å². The first-order chi connectivity index (χ1) is 9.77. The average Bonchev–Trinajstić information content (AvgIpc) is 2.77. The SMILES string of the molecule is OC1(c2ccc(C3CCC3)cc2)CCc2ccccc21. The molecule has 0 heterocycles. The van der Waals surface area contributed by atoms with Crippen molar-refractivity contribution in [1.29, 1.82) is 0 Å². The Morgan fingerprint density at radius 3 is 2.40 bits per heavy atom. The van der Waals surface area contributed by atoms with Crippen molar-refractivity contribution in [2.45, 2.75) is 43.6 Å². The topological polar surface area (TPSA) is 20.2 Å². The van der Waals surface area contributed by atoms with Crippen molar-refractivity contribution in [2.75, 3.05) is 0 Å². The first kappa shape index (κ1) is 12.2. The lowest BCUT2D eigenvalue weighted by molar-refractivity contribution is 0.0829. The van der Waals surface area contributed by atoms with Crippen LogP contribution in [0.1, 0.15) is 53.9 Å². The van der Waals surface area contributed by atoms with Crippen molar-refractivity contribution >= 4 is 0 Å². The van der Waals surface area contributed by atoms with Crippen LogP contribution in [0.5, 0.6) is 0 Å². The number of hydrogen-bond acceptors (Lipinski definition) is 1. The molecular formula is C19H20O. The van der Waals surface area contributed by atoms with Gasteiger partial charge in [0.2, 0.25) is 0 Å². The highest BCUT2D eigenvalue weighted by Gasteiger charge is 2.38. The molecule has 20 heavy (non-hydrogen) atoms. The van der Waals surface area contributed by atoms with Crippen LogP contribution in [0.15, 0.2) is 48.5 Å². The number of benzene rings is 2. The Morgan fingerprint density at radius 2 is 1.70 bits per heavy atom. The van der Waals surface area contributed by atoms with Gasteiger partial charge in [0.1, 0.15) is 5.60 Å². The maximum absolute atomic E-state index is 11.1. The quantitative estimate of drug-likeness (QED) is 0.864. The summed E-state index contributed by atoms with van der Waals surface area (Å²) in [5.74, 6) is 0.759. The third-order valence-corrected chi connectivity index (χ3v) is 5.18. The van der Waals surface area contributed by atoms with Crippen molar-refractivity contribution in [1.82, 2.24) is 0 Å². The lowest BCUT2D eigenvalue weighted by Crippen LogP contribution is -2.23. The van der Waals surface area contributed by atoms with Gasteiger partial charge in [0, 0.05) is 0 Å². The average molecular weight is 264 g/mol. The Balaban J connectivity index is 1.70. The predicted octanol–water partition coefficient (Wildman–Crippen LogP) is 4.14. The minimum absolute atomic E-state index is 0.759. The van der Waals surface area contributed by atoms with Gasteiger partial charge in [-0.2, -0.15) is 0 Å². The molecule has 0 saturated heterocycles. The van der Waals surface area contributed by atoms with Gasteiger partial charge in [-0.15, -0.1) is 0 Å². The molecule has 0 aliphatic heterocycles. The fourth-order valence-corrected chi connectivity index (χ4v) is 3.66. The van der Waals surface area contributed by atoms with Crippen molar-refractivity contribution in [2.24, 2.45) is 0 Å². The lowest BCUT2D eigenvalue weighted by Gasteiger charge is -2.28. The zero-order valence-corrected chi connectivity index (χ0v) is 11.7. The molecule has 1 saturated carbocycles. The summed E-state index contributed by atoms with van der Waals surface area (Å²) in [6, 6.07) is 17.0. The fourth-order valence-electron chi connectivity index (χ4n) is 3.66. The fraction of sp³-hybridized carbons (Fsp3) is 0.368. The zero-order valence-electron chi connectivity index (χ0n) is 11.7. The Kier molecular flexibility index (Phi) is 2.71. The van der Waals surface area contributed by atoms with E-state index in [4.69, 9.17) is 0 Å². The van der Waals surface area contributed by atoms with E-state index >= 15 is 0 Å². The van der Waals surface area contributed by atoms with Crippen LogP contribution in [0.25, 0.3) is 0 Å². The summed E-state index contributed by atoms with van der Waals surface area (Å²) < 4.78 is 0. The maximum atomic E-state index is 11.1. The summed E-state index contributed by atoms with van der Waals surface area (Å²) >= 11 is 0. The minimum Gasteiger partial charge on any atom is -0.380 e. The Hall–Kier alpha value is -1.60. The molecule has 1 nitrogen and oxygen atoms in total. The molecule has 0 radical (unpaired) electrons. The van der Waals surface area contributed by atoms with E-state index in [-0.39, 0.29) is 0 Å². The van der Waals surface area contributed by atoms with Gasteiger partial charge in [0.25, 0.3) is 0 Å². The summed E-state index contributed by atoms with van der Waals surface area (Å²) in [6.45, 7) is 0. The normalized spacial score (nSPS) is 25.2.